The molecular formula is C16H27NO7. The third-order valence-electron chi connectivity index (χ3n) is 3.70. The number of carbonyl (C=O) groups is 4. The maximum atomic E-state index is 12.4. The summed E-state index contributed by atoms with van der Waals surface area (Å²) in [7, 11) is 3.39. The van der Waals surface area contributed by atoms with Crippen molar-refractivity contribution in [3.8, 4) is 0 Å². The van der Waals surface area contributed by atoms with Crippen LogP contribution in [0.5, 0.6) is 0 Å². The van der Waals surface area contributed by atoms with Gasteiger partial charge in [0.2, 0.25) is 5.91 Å². The van der Waals surface area contributed by atoms with Crippen LogP contribution in [0.25, 0.3) is 0 Å². The molecule has 138 valence electrons. The van der Waals surface area contributed by atoms with Gasteiger partial charge in [0.05, 0.1) is 32.8 Å². The van der Waals surface area contributed by atoms with Gasteiger partial charge >= 0.3 is 17.9 Å². The summed E-state index contributed by atoms with van der Waals surface area (Å²) in [5.41, 5.74) is -2.19. The fourth-order valence-electron chi connectivity index (χ4n) is 2.05. The molecule has 0 fully saturated rings. The van der Waals surface area contributed by atoms with Crippen molar-refractivity contribution in [2.24, 2.45) is 16.7 Å². The first-order valence-electron chi connectivity index (χ1n) is 7.39. The first kappa shape index (κ1) is 21.9. The molecule has 0 aliphatic carbocycles. The highest BCUT2D eigenvalue weighted by atomic mass is 16.5. The highest BCUT2D eigenvalue weighted by Gasteiger charge is 2.50. The van der Waals surface area contributed by atoms with Crippen molar-refractivity contribution in [2.45, 2.75) is 40.7 Å². The number of hydrogen-bond donors (Lipinski definition) is 1. The molecule has 24 heavy (non-hydrogen) atoms. The fourth-order valence-corrected chi connectivity index (χ4v) is 2.05. The lowest BCUT2D eigenvalue weighted by Crippen LogP contribution is -2.59. The maximum Gasteiger partial charge on any atom is 0.322 e. The van der Waals surface area contributed by atoms with Gasteiger partial charge < -0.3 is 19.5 Å². The third-order valence-corrected chi connectivity index (χ3v) is 3.70. The van der Waals surface area contributed by atoms with E-state index in [1.165, 1.54) is 21.0 Å². The van der Waals surface area contributed by atoms with Crippen LogP contribution in [0.15, 0.2) is 0 Å². The minimum atomic E-state index is -1.51. The van der Waals surface area contributed by atoms with Gasteiger partial charge in [0.1, 0.15) is 0 Å². The van der Waals surface area contributed by atoms with Gasteiger partial charge in [-0.1, -0.05) is 20.8 Å². The van der Waals surface area contributed by atoms with Gasteiger partial charge in [-0.25, -0.2) is 0 Å². The lowest BCUT2D eigenvalue weighted by Gasteiger charge is -2.37. The number of ether oxygens (including phenoxy) is 3. The van der Waals surface area contributed by atoms with E-state index in [9.17, 15) is 19.2 Å². The Hall–Kier alpha value is -2.12. The smallest absolute Gasteiger partial charge is 0.322 e. The summed E-state index contributed by atoms with van der Waals surface area (Å²) in [4.78, 5) is 48.8. The summed E-state index contributed by atoms with van der Waals surface area (Å²) < 4.78 is 14.0. The van der Waals surface area contributed by atoms with E-state index in [4.69, 9.17) is 4.74 Å². The second kappa shape index (κ2) is 8.12. The first-order chi connectivity index (χ1) is 10.8. The van der Waals surface area contributed by atoms with Gasteiger partial charge in [0.15, 0.2) is 5.92 Å². The number of amides is 1. The van der Waals surface area contributed by atoms with Gasteiger partial charge in [-0.3, -0.25) is 19.2 Å². The van der Waals surface area contributed by atoms with Crippen LogP contribution in [-0.4, -0.2) is 51.2 Å². The Morgan fingerprint density at radius 2 is 1.21 bits per heavy atom. The zero-order chi connectivity index (χ0) is 19.3. The van der Waals surface area contributed by atoms with E-state index in [-0.39, 0.29) is 0 Å². The standard InChI is InChI=1S/C16H27NO7/c1-15(2,3)13(20)17-10(16(4,5)14(21)24-8)9(11(18)22-6)12(19)23-7/h9-10H,1-8H3,(H,17,20)/t10-/m1/s1. The van der Waals surface area contributed by atoms with Gasteiger partial charge in [-0.05, 0) is 13.8 Å². The van der Waals surface area contributed by atoms with Crippen LogP contribution in [0.1, 0.15) is 34.6 Å². The molecular weight excluding hydrogens is 318 g/mol. The van der Waals surface area contributed by atoms with Crippen molar-refractivity contribution in [1.82, 2.24) is 5.32 Å². The van der Waals surface area contributed by atoms with E-state index in [1.807, 2.05) is 0 Å². The Morgan fingerprint density at radius 1 is 0.792 bits per heavy atom. The molecule has 0 heterocycles. The molecule has 0 aromatic rings. The molecule has 0 saturated heterocycles. The van der Waals surface area contributed by atoms with Gasteiger partial charge in [0, 0.05) is 5.41 Å². The summed E-state index contributed by atoms with van der Waals surface area (Å²) in [6, 6.07) is -1.21. The summed E-state index contributed by atoms with van der Waals surface area (Å²) in [5.74, 6) is -4.49. The van der Waals surface area contributed by atoms with Crippen molar-refractivity contribution >= 4 is 23.8 Å². The van der Waals surface area contributed by atoms with E-state index in [0.717, 1.165) is 14.2 Å². The Bertz CT molecular complexity index is 489. The minimum Gasteiger partial charge on any atom is -0.469 e. The molecule has 0 saturated carbocycles. The van der Waals surface area contributed by atoms with Crippen molar-refractivity contribution in [3.63, 3.8) is 0 Å². The van der Waals surface area contributed by atoms with Crippen LogP contribution < -0.4 is 5.32 Å². The number of carbonyl (C=O) groups excluding carboxylic acids is 4. The molecule has 0 aliphatic rings. The summed E-state index contributed by atoms with van der Waals surface area (Å²) in [6.07, 6.45) is 0. The summed E-state index contributed by atoms with van der Waals surface area (Å²) >= 11 is 0. The van der Waals surface area contributed by atoms with Crippen LogP contribution in [-0.2, 0) is 33.4 Å². The lowest BCUT2D eigenvalue weighted by molar-refractivity contribution is -0.166. The van der Waals surface area contributed by atoms with Crippen molar-refractivity contribution < 1.29 is 33.4 Å². The average Bonchev–Trinajstić information content (AvgIpc) is 2.51. The molecule has 1 atom stereocenters. The Morgan fingerprint density at radius 3 is 1.50 bits per heavy atom. The molecule has 0 aromatic carbocycles. The predicted octanol–water partition coefficient (Wildman–Crippen LogP) is 0.679. The number of rotatable bonds is 6. The second-order valence-corrected chi connectivity index (χ2v) is 6.94. The predicted molar refractivity (Wildman–Crippen MR) is 84.7 cm³/mol. The van der Waals surface area contributed by atoms with Crippen LogP contribution >= 0.6 is 0 Å². The number of hydrogen-bond acceptors (Lipinski definition) is 7. The molecule has 1 N–H and O–H groups in total. The SMILES string of the molecule is COC(=O)C(C(=O)OC)[C@@H](NC(=O)C(C)(C)C)C(C)(C)C(=O)OC. The maximum absolute atomic E-state index is 12.4. The molecule has 0 rings (SSSR count). The molecule has 0 aromatic heterocycles. The number of esters is 3. The molecule has 8 heteroatoms. The molecule has 0 aliphatic heterocycles. The summed E-state index contributed by atoms with van der Waals surface area (Å²) in [6.45, 7) is 7.91. The quantitative estimate of drug-likeness (QED) is 0.428. The summed E-state index contributed by atoms with van der Waals surface area (Å²) in [5, 5.41) is 2.60. The van der Waals surface area contributed by atoms with E-state index >= 15 is 0 Å². The zero-order valence-electron chi connectivity index (χ0n) is 15.5. The van der Waals surface area contributed by atoms with Crippen molar-refractivity contribution in [1.29, 1.82) is 0 Å². The molecule has 0 bridgehead atoms. The highest BCUT2D eigenvalue weighted by Crippen LogP contribution is 2.30. The fraction of sp³-hybridized carbons (Fsp3) is 0.750. The van der Waals surface area contributed by atoms with E-state index < -0.39 is 46.6 Å². The van der Waals surface area contributed by atoms with Gasteiger partial charge in [0.25, 0.3) is 0 Å². The monoisotopic (exact) mass is 345 g/mol. The van der Waals surface area contributed by atoms with Crippen molar-refractivity contribution in [3.05, 3.63) is 0 Å². The zero-order valence-corrected chi connectivity index (χ0v) is 15.5. The Kier molecular flexibility index (Phi) is 7.40. The highest BCUT2D eigenvalue weighted by molar-refractivity contribution is 5.98. The molecule has 1 amide bonds. The van der Waals surface area contributed by atoms with E-state index in [2.05, 4.69) is 14.8 Å². The molecule has 0 unspecified atom stereocenters. The Labute approximate surface area is 142 Å². The number of nitrogens with one attached hydrogen (secondary N) is 1. The second-order valence-electron chi connectivity index (χ2n) is 6.94. The largest absolute Gasteiger partial charge is 0.469 e. The third kappa shape index (κ3) is 4.94. The van der Waals surface area contributed by atoms with Crippen LogP contribution in [0.3, 0.4) is 0 Å². The average molecular weight is 345 g/mol. The van der Waals surface area contributed by atoms with Gasteiger partial charge in [-0.2, -0.15) is 0 Å². The van der Waals surface area contributed by atoms with E-state index in [0.29, 0.717) is 0 Å². The Balaban J connectivity index is 6.09. The minimum absolute atomic E-state index is 0.442. The van der Waals surface area contributed by atoms with Crippen LogP contribution in [0, 0.1) is 16.7 Å². The van der Waals surface area contributed by atoms with Gasteiger partial charge in [-0.15, -0.1) is 0 Å². The number of methoxy groups -OCH3 is 3. The lowest BCUT2D eigenvalue weighted by atomic mass is 9.76. The normalized spacial score (nSPS) is 13.0. The topological polar surface area (TPSA) is 108 Å². The van der Waals surface area contributed by atoms with E-state index in [1.54, 1.807) is 20.8 Å². The first-order valence-corrected chi connectivity index (χ1v) is 7.39. The molecule has 8 nitrogen and oxygen atoms in total. The van der Waals surface area contributed by atoms with Crippen LogP contribution in [0.2, 0.25) is 0 Å². The van der Waals surface area contributed by atoms with Crippen LogP contribution in [0.4, 0.5) is 0 Å². The molecule has 0 spiro atoms. The molecule has 0 radical (unpaired) electrons. The van der Waals surface area contributed by atoms with Crippen molar-refractivity contribution in [2.75, 3.05) is 21.3 Å².